The zero-order valence-corrected chi connectivity index (χ0v) is 18.7. The van der Waals surface area contributed by atoms with Gasteiger partial charge in [0.1, 0.15) is 24.2 Å². The van der Waals surface area contributed by atoms with Crippen molar-refractivity contribution < 1.29 is 23.0 Å². The Labute approximate surface area is 183 Å². The zero-order valence-electron chi connectivity index (χ0n) is 17.9. The Hall–Kier alpha value is -2.60. The minimum atomic E-state index is -3.39. The highest BCUT2D eigenvalue weighted by Crippen LogP contribution is 2.30. The molecule has 0 spiro atoms. The second-order valence-corrected chi connectivity index (χ2v) is 9.86. The molecule has 0 unspecified atom stereocenters. The van der Waals surface area contributed by atoms with E-state index in [2.05, 4.69) is 6.07 Å². The molecule has 3 rings (SSSR count). The fourth-order valence-corrected chi connectivity index (χ4v) is 5.03. The molecule has 2 aromatic carbocycles. The summed E-state index contributed by atoms with van der Waals surface area (Å²) in [7, 11) is -3.39. The van der Waals surface area contributed by atoms with Crippen LogP contribution in [-0.4, -0.2) is 42.8 Å². The van der Waals surface area contributed by atoms with Crippen LogP contribution in [0.15, 0.2) is 36.4 Å². The lowest BCUT2D eigenvalue weighted by Gasteiger charge is -2.29. The number of ether oxygens (including phenoxy) is 2. The summed E-state index contributed by atoms with van der Waals surface area (Å²) in [5, 5.41) is 18.3. The van der Waals surface area contributed by atoms with E-state index in [1.54, 1.807) is 12.1 Å². The Morgan fingerprint density at radius 3 is 2.74 bits per heavy atom. The molecule has 1 aliphatic rings. The zero-order chi connectivity index (χ0) is 22.4. The number of hydrogen-bond acceptors (Lipinski definition) is 6. The number of nitriles is 1. The molecular formula is C23H28N2O5S. The van der Waals surface area contributed by atoms with Gasteiger partial charge in [-0.05, 0) is 61.6 Å². The van der Waals surface area contributed by atoms with E-state index in [0.717, 1.165) is 22.4 Å². The summed E-state index contributed by atoms with van der Waals surface area (Å²) in [6, 6.07) is 13.3. The molecule has 1 N–H and O–H groups in total. The molecule has 1 aliphatic heterocycles. The van der Waals surface area contributed by atoms with E-state index in [4.69, 9.17) is 14.6 Å². The Morgan fingerprint density at radius 2 is 2.03 bits per heavy atom. The molecule has 0 saturated heterocycles. The molecule has 0 radical (unpaired) electrons. The van der Waals surface area contributed by atoms with Gasteiger partial charge in [0.2, 0.25) is 10.0 Å². The van der Waals surface area contributed by atoms with E-state index >= 15 is 0 Å². The molecule has 2 aromatic rings. The summed E-state index contributed by atoms with van der Waals surface area (Å²) >= 11 is 0. The van der Waals surface area contributed by atoms with Crippen molar-refractivity contribution in [2.75, 3.05) is 18.9 Å². The molecule has 0 aromatic heterocycles. The van der Waals surface area contributed by atoms with Gasteiger partial charge in [-0.25, -0.2) is 8.42 Å². The van der Waals surface area contributed by atoms with Crippen LogP contribution in [0.1, 0.15) is 42.5 Å². The van der Waals surface area contributed by atoms with Crippen LogP contribution in [0.5, 0.6) is 11.5 Å². The lowest BCUT2D eigenvalue weighted by molar-refractivity contribution is 0.241. The quantitative estimate of drug-likeness (QED) is 0.638. The summed E-state index contributed by atoms with van der Waals surface area (Å²) in [5.74, 6) is 1.24. The number of sulfonamides is 1. The predicted octanol–water partition coefficient (Wildman–Crippen LogP) is 2.99. The van der Waals surface area contributed by atoms with Crippen molar-refractivity contribution in [3.8, 4) is 17.6 Å². The number of benzene rings is 2. The van der Waals surface area contributed by atoms with E-state index in [9.17, 15) is 13.7 Å². The number of rotatable bonds is 9. The van der Waals surface area contributed by atoms with Crippen molar-refractivity contribution in [2.24, 2.45) is 0 Å². The van der Waals surface area contributed by atoms with E-state index in [0.29, 0.717) is 37.4 Å². The normalized spacial score (nSPS) is 14.2. The molecule has 31 heavy (non-hydrogen) atoms. The monoisotopic (exact) mass is 444 g/mol. The fourth-order valence-electron chi connectivity index (χ4n) is 3.57. The standard InChI is InChI=1S/C23H28N2O5S/c1-17(2)30-22-8-7-18(13-20(22)14-24)16-29-23-6-3-5-19-15-25(10-9-21(19)23)31(27,28)12-4-11-26/h3,5-8,13,17,26H,4,9-12,15-16H2,1-2H3. The van der Waals surface area contributed by atoms with Gasteiger partial charge in [-0.3, -0.25) is 0 Å². The number of aliphatic hydroxyl groups excluding tert-OH is 1. The molecule has 0 atom stereocenters. The maximum Gasteiger partial charge on any atom is 0.214 e. The summed E-state index contributed by atoms with van der Waals surface area (Å²) in [6.07, 6.45) is 0.784. The van der Waals surface area contributed by atoms with Crippen LogP contribution in [0, 0.1) is 11.3 Å². The molecule has 0 fully saturated rings. The van der Waals surface area contributed by atoms with Gasteiger partial charge < -0.3 is 14.6 Å². The van der Waals surface area contributed by atoms with Crippen molar-refractivity contribution >= 4 is 10.0 Å². The molecule has 0 bridgehead atoms. The Kier molecular flexibility index (Phi) is 7.55. The van der Waals surface area contributed by atoms with Gasteiger partial charge in [0.05, 0.1) is 17.4 Å². The van der Waals surface area contributed by atoms with Gasteiger partial charge in [0.25, 0.3) is 0 Å². The molecule has 0 aliphatic carbocycles. The van der Waals surface area contributed by atoms with E-state index < -0.39 is 10.0 Å². The molecule has 7 nitrogen and oxygen atoms in total. The summed E-state index contributed by atoms with van der Waals surface area (Å²) in [6.45, 7) is 4.68. The topological polar surface area (TPSA) is 99.9 Å². The van der Waals surface area contributed by atoms with Crippen LogP contribution in [0.4, 0.5) is 0 Å². The average Bonchev–Trinajstić information content (AvgIpc) is 2.76. The van der Waals surface area contributed by atoms with Crippen LogP contribution in [0.2, 0.25) is 0 Å². The van der Waals surface area contributed by atoms with Gasteiger partial charge in [-0.2, -0.15) is 9.57 Å². The molecule has 8 heteroatoms. The van der Waals surface area contributed by atoms with Gasteiger partial charge in [0, 0.05) is 19.7 Å². The molecule has 0 amide bonds. The minimum Gasteiger partial charge on any atom is -0.490 e. The SMILES string of the molecule is CC(C)Oc1ccc(COc2cccc3c2CCN(S(=O)(=O)CCCO)C3)cc1C#N. The van der Waals surface area contributed by atoms with Gasteiger partial charge in [-0.15, -0.1) is 0 Å². The summed E-state index contributed by atoms with van der Waals surface area (Å²) < 4.78 is 38.1. The molecular weight excluding hydrogens is 416 g/mol. The predicted molar refractivity (Wildman–Crippen MR) is 117 cm³/mol. The third kappa shape index (κ3) is 5.76. The average molecular weight is 445 g/mol. The van der Waals surface area contributed by atoms with Crippen molar-refractivity contribution in [2.45, 2.75) is 45.9 Å². The molecule has 166 valence electrons. The smallest absolute Gasteiger partial charge is 0.214 e. The van der Waals surface area contributed by atoms with Crippen LogP contribution < -0.4 is 9.47 Å². The maximum atomic E-state index is 12.5. The third-order valence-corrected chi connectivity index (χ3v) is 6.97. The van der Waals surface area contributed by atoms with Crippen molar-refractivity contribution in [3.05, 3.63) is 58.7 Å². The first-order valence-corrected chi connectivity index (χ1v) is 12.0. The summed E-state index contributed by atoms with van der Waals surface area (Å²) in [5.41, 5.74) is 3.26. The highest BCUT2D eigenvalue weighted by molar-refractivity contribution is 7.89. The fraction of sp³-hybridized carbons (Fsp3) is 0.435. The minimum absolute atomic E-state index is 0.0166. The van der Waals surface area contributed by atoms with Crippen molar-refractivity contribution in [1.29, 1.82) is 5.26 Å². The van der Waals surface area contributed by atoms with Crippen molar-refractivity contribution in [3.63, 3.8) is 0 Å². The Morgan fingerprint density at radius 1 is 1.23 bits per heavy atom. The Balaban J connectivity index is 1.71. The molecule has 0 saturated carbocycles. The lowest BCUT2D eigenvalue weighted by Crippen LogP contribution is -2.37. The van der Waals surface area contributed by atoms with Crippen LogP contribution >= 0.6 is 0 Å². The van der Waals surface area contributed by atoms with E-state index in [1.165, 1.54) is 4.31 Å². The third-order valence-electron chi connectivity index (χ3n) is 5.06. The van der Waals surface area contributed by atoms with Crippen LogP contribution in [0.3, 0.4) is 0 Å². The second kappa shape index (κ2) is 10.1. The van der Waals surface area contributed by atoms with E-state index in [-0.39, 0.29) is 24.9 Å². The van der Waals surface area contributed by atoms with Gasteiger partial charge in [-0.1, -0.05) is 18.2 Å². The lowest BCUT2D eigenvalue weighted by atomic mass is 10.00. The van der Waals surface area contributed by atoms with E-state index in [1.807, 2.05) is 38.1 Å². The molecule has 1 heterocycles. The first-order valence-electron chi connectivity index (χ1n) is 10.4. The van der Waals surface area contributed by atoms with Crippen LogP contribution in [-0.2, 0) is 29.6 Å². The number of aliphatic hydroxyl groups is 1. The largest absolute Gasteiger partial charge is 0.490 e. The van der Waals surface area contributed by atoms with Crippen molar-refractivity contribution in [1.82, 2.24) is 4.31 Å². The maximum absolute atomic E-state index is 12.5. The van der Waals surface area contributed by atoms with Crippen LogP contribution in [0.25, 0.3) is 0 Å². The second-order valence-electron chi connectivity index (χ2n) is 7.77. The number of fused-ring (bicyclic) bond motifs is 1. The first-order chi connectivity index (χ1) is 14.8. The van der Waals surface area contributed by atoms with Gasteiger partial charge in [0.15, 0.2) is 0 Å². The number of nitrogens with zero attached hydrogens (tertiary/aromatic N) is 2. The number of hydrogen-bond donors (Lipinski definition) is 1. The Bertz CT molecular complexity index is 1060. The summed E-state index contributed by atoms with van der Waals surface area (Å²) in [4.78, 5) is 0. The highest BCUT2D eigenvalue weighted by atomic mass is 32.2. The first kappa shape index (κ1) is 23.1. The highest BCUT2D eigenvalue weighted by Gasteiger charge is 2.27. The van der Waals surface area contributed by atoms with Gasteiger partial charge >= 0.3 is 0 Å².